The van der Waals surface area contributed by atoms with Crippen LogP contribution >= 0.6 is 11.6 Å². The first kappa shape index (κ1) is 12.7. The number of hydrogen-bond donors (Lipinski definition) is 1. The molecule has 0 bridgehead atoms. The lowest BCUT2D eigenvalue weighted by Crippen LogP contribution is -2.02. The standard InChI is InChI=1S/C15H14ClNO/c16-13-8-12(9-14(17)10-13)15(18)7-6-11-4-2-1-3-5-11/h1-5,8-10H,6-7,17H2. The van der Waals surface area contributed by atoms with Crippen LogP contribution < -0.4 is 5.73 Å². The molecule has 0 saturated heterocycles. The van der Waals surface area contributed by atoms with Crippen molar-refractivity contribution < 1.29 is 4.79 Å². The van der Waals surface area contributed by atoms with E-state index in [2.05, 4.69) is 0 Å². The smallest absolute Gasteiger partial charge is 0.163 e. The minimum atomic E-state index is 0.0630. The third kappa shape index (κ3) is 3.34. The summed E-state index contributed by atoms with van der Waals surface area (Å²) in [5, 5.41) is 0.498. The average molecular weight is 260 g/mol. The summed E-state index contributed by atoms with van der Waals surface area (Å²) in [7, 11) is 0. The Morgan fingerprint density at radius 3 is 2.50 bits per heavy atom. The Labute approximate surface area is 111 Å². The summed E-state index contributed by atoms with van der Waals surface area (Å²) < 4.78 is 0. The zero-order valence-electron chi connectivity index (χ0n) is 9.90. The number of carbonyl (C=O) groups is 1. The van der Waals surface area contributed by atoms with Gasteiger partial charge in [-0.05, 0) is 30.2 Å². The third-order valence-electron chi connectivity index (χ3n) is 2.73. The number of Topliss-reactive ketones (excluding diaryl/α,β-unsaturated/α-hetero) is 1. The molecule has 0 amide bonds. The number of aryl methyl sites for hydroxylation is 1. The summed E-state index contributed by atoms with van der Waals surface area (Å²) in [4.78, 5) is 12.0. The van der Waals surface area contributed by atoms with E-state index in [-0.39, 0.29) is 5.78 Å². The summed E-state index contributed by atoms with van der Waals surface area (Å²) in [6.07, 6.45) is 1.19. The first-order chi connectivity index (χ1) is 8.65. The van der Waals surface area contributed by atoms with Crippen LogP contribution in [-0.2, 0) is 6.42 Å². The molecule has 18 heavy (non-hydrogen) atoms. The third-order valence-corrected chi connectivity index (χ3v) is 2.94. The molecule has 0 heterocycles. The molecule has 0 aromatic heterocycles. The Kier molecular flexibility index (Phi) is 4.00. The molecule has 2 rings (SSSR count). The molecule has 0 aliphatic carbocycles. The van der Waals surface area contributed by atoms with E-state index < -0.39 is 0 Å². The molecule has 0 fully saturated rings. The van der Waals surface area contributed by atoms with Crippen molar-refractivity contribution in [2.45, 2.75) is 12.8 Å². The van der Waals surface area contributed by atoms with E-state index >= 15 is 0 Å². The van der Waals surface area contributed by atoms with Crippen LogP contribution in [-0.4, -0.2) is 5.78 Å². The number of carbonyl (C=O) groups excluding carboxylic acids is 1. The van der Waals surface area contributed by atoms with Gasteiger partial charge in [-0.2, -0.15) is 0 Å². The van der Waals surface area contributed by atoms with E-state index in [1.54, 1.807) is 18.2 Å². The predicted octanol–water partition coefficient (Wildman–Crippen LogP) is 3.74. The predicted molar refractivity (Wildman–Crippen MR) is 75.0 cm³/mol. The van der Waals surface area contributed by atoms with Crippen LogP contribution in [0.5, 0.6) is 0 Å². The fourth-order valence-electron chi connectivity index (χ4n) is 1.82. The molecule has 0 atom stereocenters. The van der Waals surface area contributed by atoms with Crippen LogP contribution in [0.15, 0.2) is 48.5 Å². The molecular formula is C15H14ClNO. The fourth-order valence-corrected chi connectivity index (χ4v) is 2.06. The van der Waals surface area contributed by atoms with Crippen LogP contribution in [0.4, 0.5) is 5.69 Å². The Morgan fingerprint density at radius 1 is 1.11 bits per heavy atom. The highest BCUT2D eigenvalue weighted by atomic mass is 35.5. The maximum Gasteiger partial charge on any atom is 0.163 e. The summed E-state index contributed by atoms with van der Waals surface area (Å²) in [6, 6.07) is 14.9. The summed E-state index contributed by atoms with van der Waals surface area (Å²) in [5.74, 6) is 0.0630. The number of ketones is 1. The van der Waals surface area contributed by atoms with E-state index in [4.69, 9.17) is 17.3 Å². The van der Waals surface area contributed by atoms with Crippen molar-refractivity contribution >= 4 is 23.1 Å². The lowest BCUT2D eigenvalue weighted by molar-refractivity contribution is 0.0983. The maximum absolute atomic E-state index is 12.0. The number of rotatable bonds is 4. The van der Waals surface area contributed by atoms with Crippen molar-refractivity contribution in [3.8, 4) is 0 Å². The van der Waals surface area contributed by atoms with Gasteiger partial charge in [-0.1, -0.05) is 41.9 Å². The lowest BCUT2D eigenvalue weighted by Gasteiger charge is -2.04. The van der Waals surface area contributed by atoms with Crippen molar-refractivity contribution in [3.63, 3.8) is 0 Å². The Morgan fingerprint density at radius 2 is 1.83 bits per heavy atom. The highest BCUT2D eigenvalue weighted by Gasteiger charge is 2.07. The number of benzene rings is 2. The van der Waals surface area contributed by atoms with Crippen LogP contribution in [0.1, 0.15) is 22.3 Å². The molecule has 2 aromatic carbocycles. The quantitative estimate of drug-likeness (QED) is 0.671. The molecule has 2 aromatic rings. The van der Waals surface area contributed by atoms with Crippen LogP contribution in [0.2, 0.25) is 5.02 Å². The number of hydrogen-bond acceptors (Lipinski definition) is 2. The zero-order chi connectivity index (χ0) is 13.0. The first-order valence-electron chi connectivity index (χ1n) is 5.78. The van der Waals surface area contributed by atoms with E-state index in [0.717, 1.165) is 12.0 Å². The van der Waals surface area contributed by atoms with Crippen molar-refractivity contribution in [1.29, 1.82) is 0 Å². The van der Waals surface area contributed by atoms with Gasteiger partial charge in [0.1, 0.15) is 0 Å². The highest BCUT2D eigenvalue weighted by Crippen LogP contribution is 2.18. The topological polar surface area (TPSA) is 43.1 Å². The van der Waals surface area contributed by atoms with Crippen molar-refractivity contribution in [2.24, 2.45) is 0 Å². The minimum Gasteiger partial charge on any atom is -0.399 e. The van der Waals surface area contributed by atoms with Crippen LogP contribution in [0.25, 0.3) is 0 Å². The number of nitrogen functional groups attached to an aromatic ring is 1. The Balaban J connectivity index is 2.04. The number of anilines is 1. The van der Waals surface area contributed by atoms with Gasteiger partial charge in [0.25, 0.3) is 0 Å². The number of halogens is 1. The summed E-state index contributed by atoms with van der Waals surface area (Å²) in [5.41, 5.74) is 7.92. The van der Waals surface area contributed by atoms with Gasteiger partial charge in [-0.15, -0.1) is 0 Å². The highest BCUT2D eigenvalue weighted by molar-refractivity contribution is 6.31. The second-order valence-corrected chi connectivity index (χ2v) is 4.62. The van der Waals surface area contributed by atoms with E-state index in [1.807, 2.05) is 30.3 Å². The minimum absolute atomic E-state index is 0.0630. The molecule has 2 N–H and O–H groups in total. The van der Waals surface area contributed by atoms with Crippen molar-refractivity contribution in [1.82, 2.24) is 0 Å². The number of nitrogens with two attached hydrogens (primary N) is 1. The molecule has 0 aliphatic rings. The second kappa shape index (κ2) is 5.69. The van der Waals surface area contributed by atoms with E-state index in [1.165, 1.54) is 0 Å². The summed E-state index contributed by atoms with van der Waals surface area (Å²) >= 11 is 5.88. The van der Waals surface area contributed by atoms with Gasteiger partial charge in [0, 0.05) is 22.7 Å². The van der Waals surface area contributed by atoms with Gasteiger partial charge in [-0.3, -0.25) is 4.79 Å². The van der Waals surface area contributed by atoms with E-state index in [9.17, 15) is 4.79 Å². The summed E-state index contributed by atoms with van der Waals surface area (Å²) in [6.45, 7) is 0. The molecule has 3 heteroatoms. The molecule has 0 aliphatic heterocycles. The van der Waals surface area contributed by atoms with Gasteiger partial charge in [-0.25, -0.2) is 0 Å². The Bertz CT molecular complexity index is 531. The van der Waals surface area contributed by atoms with Crippen molar-refractivity contribution in [2.75, 3.05) is 5.73 Å². The normalized spacial score (nSPS) is 10.3. The molecule has 0 saturated carbocycles. The average Bonchev–Trinajstić information content (AvgIpc) is 2.36. The Hall–Kier alpha value is -1.80. The largest absolute Gasteiger partial charge is 0.399 e. The van der Waals surface area contributed by atoms with Crippen LogP contribution in [0, 0.1) is 0 Å². The second-order valence-electron chi connectivity index (χ2n) is 4.18. The molecule has 2 nitrogen and oxygen atoms in total. The van der Waals surface area contributed by atoms with Gasteiger partial charge >= 0.3 is 0 Å². The molecule has 0 radical (unpaired) electrons. The molecular weight excluding hydrogens is 246 g/mol. The lowest BCUT2D eigenvalue weighted by atomic mass is 10.0. The van der Waals surface area contributed by atoms with Gasteiger partial charge in [0.05, 0.1) is 0 Å². The first-order valence-corrected chi connectivity index (χ1v) is 6.16. The van der Waals surface area contributed by atoms with Gasteiger partial charge in [0.2, 0.25) is 0 Å². The zero-order valence-corrected chi connectivity index (χ0v) is 10.7. The maximum atomic E-state index is 12.0. The molecule has 92 valence electrons. The monoisotopic (exact) mass is 259 g/mol. The van der Waals surface area contributed by atoms with Gasteiger partial charge in [0.15, 0.2) is 5.78 Å². The molecule has 0 unspecified atom stereocenters. The fraction of sp³-hybridized carbons (Fsp3) is 0.133. The molecule has 0 spiro atoms. The van der Waals surface area contributed by atoms with Crippen LogP contribution in [0.3, 0.4) is 0 Å². The van der Waals surface area contributed by atoms with Gasteiger partial charge < -0.3 is 5.73 Å². The SMILES string of the molecule is Nc1cc(Cl)cc(C(=O)CCc2ccccc2)c1. The van der Waals surface area contributed by atoms with Crippen molar-refractivity contribution in [3.05, 3.63) is 64.7 Å². The van der Waals surface area contributed by atoms with E-state index in [0.29, 0.717) is 22.7 Å².